The van der Waals surface area contributed by atoms with Crippen molar-refractivity contribution in [3.8, 4) is 11.1 Å². The van der Waals surface area contributed by atoms with E-state index in [1.165, 1.54) is 0 Å². The van der Waals surface area contributed by atoms with Crippen LogP contribution in [-0.2, 0) is 6.54 Å². The van der Waals surface area contributed by atoms with Gasteiger partial charge >= 0.3 is 0 Å². The summed E-state index contributed by atoms with van der Waals surface area (Å²) >= 11 is 3.51. The molecule has 0 bridgehead atoms. The van der Waals surface area contributed by atoms with Crippen molar-refractivity contribution in [3.05, 3.63) is 89.2 Å². The van der Waals surface area contributed by atoms with Crippen molar-refractivity contribution in [2.45, 2.75) is 6.54 Å². The molecule has 3 rings (SSSR count). The van der Waals surface area contributed by atoms with E-state index in [0.717, 1.165) is 15.6 Å². The molecule has 1 aromatic heterocycles. The number of ketones is 1. The molecule has 3 heteroatoms. The number of halogens is 1. The summed E-state index contributed by atoms with van der Waals surface area (Å²) in [5.41, 5.74) is 2.85. The van der Waals surface area contributed by atoms with E-state index in [9.17, 15) is 4.79 Å². The zero-order valence-electron chi connectivity index (χ0n) is 11.9. The van der Waals surface area contributed by atoms with E-state index < -0.39 is 0 Å². The lowest BCUT2D eigenvalue weighted by molar-refractivity contribution is -0.683. The minimum absolute atomic E-state index is 0.0923. The van der Waals surface area contributed by atoms with Crippen molar-refractivity contribution < 1.29 is 9.36 Å². The molecular formula is C19H15BrNO+. The Morgan fingerprint density at radius 3 is 2.27 bits per heavy atom. The minimum Gasteiger partial charge on any atom is -0.287 e. The molecule has 0 atom stereocenters. The molecule has 3 aromatic rings. The molecule has 2 aromatic carbocycles. The number of nitrogens with zero attached hydrogens (tertiary/aromatic N) is 1. The van der Waals surface area contributed by atoms with Crippen LogP contribution in [0.5, 0.6) is 0 Å². The van der Waals surface area contributed by atoms with E-state index >= 15 is 0 Å². The average Bonchev–Trinajstić information content (AvgIpc) is 2.56. The molecule has 0 aliphatic heterocycles. The summed E-state index contributed by atoms with van der Waals surface area (Å²) in [5, 5.41) is 0. The maximum Gasteiger partial charge on any atom is 0.227 e. The number of rotatable bonds is 4. The fraction of sp³-hybridized carbons (Fsp3) is 0.0526. The van der Waals surface area contributed by atoms with E-state index in [1.54, 1.807) is 0 Å². The van der Waals surface area contributed by atoms with Gasteiger partial charge in [-0.3, -0.25) is 4.79 Å². The summed E-state index contributed by atoms with van der Waals surface area (Å²) in [4.78, 5) is 12.5. The Hall–Kier alpha value is -2.26. The number of hydrogen-bond donors (Lipinski definition) is 0. The number of pyridine rings is 1. The standard InChI is InChI=1S/C19H15BrNO/c20-18-12-16(15-7-3-1-4-8-15)11-17(13-18)19(22)14-21-9-5-2-6-10-21/h1-13H,14H2/q+1. The molecule has 0 saturated carbocycles. The molecule has 108 valence electrons. The number of carbonyl (C=O) groups excluding carboxylic acids is 1. The summed E-state index contributed by atoms with van der Waals surface area (Å²) in [6.07, 6.45) is 3.79. The Balaban J connectivity index is 1.91. The van der Waals surface area contributed by atoms with Gasteiger partial charge in [0.05, 0.1) is 0 Å². The third-order valence-corrected chi connectivity index (χ3v) is 3.89. The van der Waals surface area contributed by atoms with Crippen LogP contribution in [0.25, 0.3) is 11.1 Å². The average molecular weight is 353 g/mol. The Morgan fingerprint density at radius 1 is 0.864 bits per heavy atom. The van der Waals surface area contributed by atoms with Gasteiger partial charge in [-0.1, -0.05) is 52.3 Å². The fourth-order valence-electron chi connectivity index (χ4n) is 2.34. The van der Waals surface area contributed by atoms with Gasteiger partial charge < -0.3 is 0 Å². The summed E-state index contributed by atoms with van der Waals surface area (Å²) in [7, 11) is 0. The molecule has 2 nitrogen and oxygen atoms in total. The highest BCUT2D eigenvalue weighted by molar-refractivity contribution is 9.10. The van der Waals surface area contributed by atoms with Gasteiger partial charge in [0.1, 0.15) is 0 Å². The molecule has 0 spiro atoms. The molecule has 22 heavy (non-hydrogen) atoms. The Kier molecular flexibility index (Phi) is 4.45. The van der Waals surface area contributed by atoms with Crippen molar-refractivity contribution >= 4 is 21.7 Å². The summed E-state index contributed by atoms with van der Waals surface area (Å²) in [6.45, 7) is 0.339. The van der Waals surface area contributed by atoms with E-state index in [-0.39, 0.29) is 5.78 Å². The summed E-state index contributed by atoms with van der Waals surface area (Å²) < 4.78 is 2.79. The van der Waals surface area contributed by atoms with Crippen LogP contribution in [0.3, 0.4) is 0 Å². The van der Waals surface area contributed by atoms with E-state index in [2.05, 4.69) is 15.9 Å². The van der Waals surface area contributed by atoms with Gasteiger partial charge in [-0.05, 0) is 29.3 Å². The highest BCUT2D eigenvalue weighted by Crippen LogP contribution is 2.25. The van der Waals surface area contributed by atoms with Gasteiger partial charge in [-0.15, -0.1) is 0 Å². The molecule has 0 fully saturated rings. The molecule has 0 unspecified atom stereocenters. The van der Waals surface area contributed by atoms with Crippen molar-refractivity contribution in [1.29, 1.82) is 0 Å². The van der Waals surface area contributed by atoms with Crippen molar-refractivity contribution in [2.24, 2.45) is 0 Å². The Labute approximate surface area is 138 Å². The second-order valence-corrected chi connectivity index (χ2v) is 5.98. The van der Waals surface area contributed by atoms with Crippen molar-refractivity contribution in [1.82, 2.24) is 0 Å². The topological polar surface area (TPSA) is 20.9 Å². The first-order valence-electron chi connectivity index (χ1n) is 7.06. The van der Waals surface area contributed by atoms with Crippen LogP contribution in [-0.4, -0.2) is 5.78 Å². The van der Waals surface area contributed by atoms with E-state index in [4.69, 9.17) is 0 Å². The van der Waals surface area contributed by atoms with Crippen LogP contribution in [0.1, 0.15) is 10.4 Å². The normalized spacial score (nSPS) is 10.4. The first-order chi connectivity index (χ1) is 10.7. The Bertz CT molecular complexity index is 785. The van der Waals surface area contributed by atoms with Gasteiger partial charge in [-0.2, -0.15) is 4.57 Å². The number of benzene rings is 2. The smallest absolute Gasteiger partial charge is 0.227 e. The molecule has 0 aliphatic carbocycles. The third kappa shape index (κ3) is 3.49. The van der Waals surface area contributed by atoms with Crippen LogP contribution >= 0.6 is 15.9 Å². The number of carbonyl (C=O) groups is 1. The second-order valence-electron chi connectivity index (χ2n) is 5.07. The molecule has 0 radical (unpaired) electrons. The summed E-state index contributed by atoms with van der Waals surface area (Å²) in [6, 6.07) is 21.7. The quantitative estimate of drug-likeness (QED) is 0.506. The maximum absolute atomic E-state index is 12.5. The minimum atomic E-state index is 0.0923. The highest BCUT2D eigenvalue weighted by atomic mass is 79.9. The molecule has 0 N–H and O–H groups in total. The van der Waals surface area contributed by atoms with Gasteiger partial charge in [0.25, 0.3) is 0 Å². The lowest BCUT2D eigenvalue weighted by Gasteiger charge is -2.06. The lowest BCUT2D eigenvalue weighted by Crippen LogP contribution is -2.36. The predicted octanol–water partition coefficient (Wildman–Crippen LogP) is 4.29. The molecule has 0 amide bonds. The van der Waals surface area contributed by atoms with Crippen LogP contribution in [0, 0.1) is 0 Å². The SMILES string of the molecule is O=C(C[n+]1ccccc1)c1cc(Br)cc(-c2ccccc2)c1. The van der Waals surface area contributed by atoms with Crippen LogP contribution < -0.4 is 4.57 Å². The highest BCUT2D eigenvalue weighted by Gasteiger charge is 2.13. The van der Waals surface area contributed by atoms with E-state index in [1.807, 2.05) is 83.7 Å². The van der Waals surface area contributed by atoms with Gasteiger partial charge in [0.15, 0.2) is 12.4 Å². The third-order valence-electron chi connectivity index (χ3n) is 3.43. The van der Waals surface area contributed by atoms with Crippen molar-refractivity contribution in [3.63, 3.8) is 0 Å². The van der Waals surface area contributed by atoms with Gasteiger partial charge in [-0.25, -0.2) is 0 Å². The monoisotopic (exact) mass is 352 g/mol. The lowest BCUT2D eigenvalue weighted by atomic mass is 10.0. The zero-order chi connectivity index (χ0) is 15.4. The predicted molar refractivity (Wildman–Crippen MR) is 90.5 cm³/mol. The van der Waals surface area contributed by atoms with Crippen molar-refractivity contribution in [2.75, 3.05) is 0 Å². The molecule has 1 heterocycles. The summed E-state index contributed by atoms with van der Waals surface area (Å²) in [5.74, 6) is 0.0923. The van der Waals surface area contributed by atoms with Gasteiger partial charge in [0, 0.05) is 22.2 Å². The first-order valence-corrected chi connectivity index (χ1v) is 7.85. The maximum atomic E-state index is 12.5. The largest absolute Gasteiger partial charge is 0.287 e. The Morgan fingerprint density at radius 2 is 1.55 bits per heavy atom. The van der Waals surface area contributed by atoms with Crippen LogP contribution in [0.15, 0.2) is 83.6 Å². The number of Topliss-reactive ketones (excluding diaryl/α,β-unsaturated/α-hetero) is 1. The second kappa shape index (κ2) is 6.67. The zero-order valence-corrected chi connectivity index (χ0v) is 13.5. The van der Waals surface area contributed by atoms with Gasteiger partial charge in [0.2, 0.25) is 12.3 Å². The van der Waals surface area contributed by atoms with Crippen LogP contribution in [0.2, 0.25) is 0 Å². The molecule has 0 saturated heterocycles. The fourth-order valence-corrected chi connectivity index (χ4v) is 2.84. The van der Waals surface area contributed by atoms with Crippen LogP contribution in [0.4, 0.5) is 0 Å². The number of aromatic nitrogens is 1. The number of hydrogen-bond acceptors (Lipinski definition) is 1. The van der Waals surface area contributed by atoms with E-state index in [0.29, 0.717) is 12.1 Å². The first kappa shape index (κ1) is 14.7. The molecule has 0 aliphatic rings. The molecular weight excluding hydrogens is 338 g/mol.